The molecule has 36 heavy (non-hydrogen) atoms. The lowest BCUT2D eigenvalue weighted by Gasteiger charge is -2.28. The van der Waals surface area contributed by atoms with E-state index in [-0.39, 0.29) is 16.7 Å². The molecule has 1 amide bonds. The molecule has 0 atom stereocenters. The molecule has 1 heterocycles. The van der Waals surface area contributed by atoms with Crippen LogP contribution in [-0.2, 0) is 22.0 Å². The summed E-state index contributed by atoms with van der Waals surface area (Å²) in [5, 5.41) is 15.1. The summed E-state index contributed by atoms with van der Waals surface area (Å²) in [6.45, 7) is 18.8. The van der Waals surface area contributed by atoms with Gasteiger partial charge in [0.2, 0.25) is 5.91 Å². The van der Waals surface area contributed by atoms with Gasteiger partial charge < -0.3 is 9.67 Å². The Morgan fingerprint density at radius 3 is 2.03 bits per heavy atom. The third kappa shape index (κ3) is 6.26. The van der Waals surface area contributed by atoms with Crippen molar-refractivity contribution in [3.63, 3.8) is 0 Å². The first-order valence-electron chi connectivity index (χ1n) is 12.6. The maximum absolute atomic E-state index is 12.6. The lowest BCUT2D eigenvalue weighted by atomic mass is 9.78. The maximum atomic E-state index is 12.6. The number of carbonyl (C=O) groups is 1. The minimum Gasteiger partial charge on any atom is -0.507 e. The molecule has 0 saturated heterocycles. The van der Waals surface area contributed by atoms with Crippen molar-refractivity contribution in [2.45, 2.75) is 86.0 Å². The predicted octanol–water partition coefficient (Wildman–Crippen LogP) is 6.79. The molecule has 0 aliphatic heterocycles. The Morgan fingerprint density at radius 1 is 0.944 bits per heavy atom. The van der Waals surface area contributed by atoms with Crippen molar-refractivity contribution in [2.24, 2.45) is 5.10 Å². The van der Waals surface area contributed by atoms with Crippen LogP contribution in [0.2, 0.25) is 0 Å². The predicted molar refractivity (Wildman–Crippen MR) is 150 cm³/mol. The van der Waals surface area contributed by atoms with E-state index in [2.05, 4.69) is 108 Å². The van der Waals surface area contributed by atoms with Gasteiger partial charge in [0.25, 0.3) is 0 Å². The van der Waals surface area contributed by atoms with E-state index in [9.17, 15) is 9.90 Å². The van der Waals surface area contributed by atoms with Crippen molar-refractivity contribution in [1.82, 2.24) is 9.99 Å². The number of hydrogen-bond acceptors (Lipinski definition) is 3. The van der Waals surface area contributed by atoms with Crippen LogP contribution in [0.15, 0.2) is 47.6 Å². The molecule has 0 spiro atoms. The number of aromatic hydroxyl groups is 1. The third-order valence-corrected chi connectivity index (χ3v) is 6.58. The molecule has 3 rings (SSSR count). The van der Waals surface area contributed by atoms with Crippen LogP contribution in [-0.4, -0.2) is 21.8 Å². The molecule has 0 aliphatic carbocycles. The SMILES string of the molecule is Cc1ccc(-n2c(C)cc(C=NNC(=O)CCc3cc(C(C)(C)C)c(O)c(C(C)(C)C)c3)c2C)cc1. The molecule has 192 valence electrons. The molecule has 0 unspecified atom stereocenters. The minimum absolute atomic E-state index is 0.138. The summed E-state index contributed by atoms with van der Waals surface area (Å²) in [6.07, 6.45) is 2.61. The lowest BCUT2D eigenvalue weighted by molar-refractivity contribution is -0.121. The van der Waals surface area contributed by atoms with Gasteiger partial charge in [-0.2, -0.15) is 5.10 Å². The number of rotatable bonds is 6. The standard InChI is InChI=1S/C31H41N3O2/c1-20-10-13-25(14-11-20)34-21(2)16-24(22(34)3)19-32-33-28(35)15-12-23-17-26(30(4,5)6)29(36)27(18-23)31(7,8)9/h10-11,13-14,16-19,36H,12,15H2,1-9H3,(H,33,35). The minimum atomic E-state index is -0.197. The van der Waals surface area contributed by atoms with Crippen molar-refractivity contribution in [3.05, 3.63) is 81.7 Å². The molecule has 0 fully saturated rings. The number of carbonyl (C=O) groups excluding carboxylic acids is 1. The highest BCUT2D eigenvalue weighted by molar-refractivity contribution is 5.84. The number of nitrogens with one attached hydrogen (secondary N) is 1. The van der Waals surface area contributed by atoms with Gasteiger partial charge in [-0.05, 0) is 72.9 Å². The fourth-order valence-corrected chi connectivity index (χ4v) is 4.48. The van der Waals surface area contributed by atoms with E-state index in [1.54, 1.807) is 6.21 Å². The monoisotopic (exact) mass is 487 g/mol. The van der Waals surface area contributed by atoms with E-state index in [0.717, 1.165) is 39.3 Å². The average Bonchev–Trinajstić information content (AvgIpc) is 3.05. The Balaban J connectivity index is 1.70. The van der Waals surface area contributed by atoms with E-state index in [0.29, 0.717) is 18.6 Å². The highest BCUT2D eigenvalue weighted by Gasteiger charge is 2.26. The van der Waals surface area contributed by atoms with E-state index < -0.39 is 0 Å². The second-order valence-electron chi connectivity index (χ2n) is 11.8. The van der Waals surface area contributed by atoms with Crippen molar-refractivity contribution < 1.29 is 9.90 Å². The summed E-state index contributed by atoms with van der Waals surface area (Å²) in [4.78, 5) is 12.6. The molecule has 2 N–H and O–H groups in total. The third-order valence-electron chi connectivity index (χ3n) is 6.58. The Kier molecular flexibility index (Phi) is 7.82. The van der Waals surface area contributed by atoms with E-state index in [1.807, 2.05) is 12.1 Å². The van der Waals surface area contributed by atoms with E-state index >= 15 is 0 Å². The van der Waals surface area contributed by atoms with Gasteiger partial charge in [-0.1, -0.05) is 71.4 Å². The second kappa shape index (κ2) is 10.3. The summed E-state index contributed by atoms with van der Waals surface area (Å²) in [5.41, 5.74) is 10.6. The van der Waals surface area contributed by atoms with Crippen LogP contribution < -0.4 is 5.43 Å². The highest BCUT2D eigenvalue weighted by atomic mass is 16.3. The van der Waals surface area contributed by atoms with Crippen molar-refractivity contribution in [3.8, 4) is 11.4 Å². The van der Waals surface area contributed by atoms with Crippen LogP contribution in [0.4, 0.5) is 0 Å². The molecular formula is C31H41N3O2. The summed E-state index contributed by atoms with van der Waals surface area (Å²) in [6, 6.07) is 14.6. The van der Waals surface area contributed by atoms with Gasteiger partial charge in [-0.15, -0.1) is 0 Å². The normalized spacial score (nSPS) is 12.4. The number of phenolic OH excluding ortho intramolecular Hbond substituents is 1. The van der Waals surface area contributed by atoms with E-state index in [1.165, 1.54) is 5.56 Å². The largest absolute Gasteiger partial charge is 0.507 e. The molecule has 3 aromatic rings. The Bertz CT molecular complexity index is 1230. The van der Waals surface area contributed by atoms with Gasteiger partial charge in [0.15, 0.2) is 0 Å². The second-order valence-corrected chi connectivity index (χ2v) is 11.8. The number of benzene rings is 2. The number of aryl methyl sites for hydroxylation is 3. The van der Waals surface area contributed by atoms with E-state index in [4.69, 9.17) is 0 Å². The number of amides is 1. The van der Waals surface area contributed by atoms with Crippen LogP contribution in [0.25, 0.3) is 5.69 Å². The van der Waals surface area contributed by atoms with Gasteiger partial charge in [-0.25, -0.2) is 5.43 Å². The summed E-state index contributed by atoms with van der Waals surface area (Å²) >= 11 is 0. The first-order valence-corrected chi connectivity index (χ1v) is 12.6. The first kappa shape index (κ1) is 27.3. The number of aromatic nitrogens is 1. The Labute approximate surface area is 216 Å². The molecule has 0 saturated carbocycles. The summed E-state index contributed by atoms with van der Waals surface area (Å²) in [7, 11) is 0. The van der Waals surface area contributed by atoms with Gasteiger partial charge in [-0.3, -0.25) is 4.79 Å². The van der Waals surface area contributed by atoms with Gasteiger partial charge in [0, 0.05) is 29.1 Å². The average molecular weight is 488 g/mol. The first-order chi connectivity index (χ1) is 16.7. The lowest BCUT2D eigenvalue weighted by Crippen LogP contribution is -2.20. The Morgan fingerprint density at radius 2 is 1.50 bits per heavy atom. The van der Waals surface area contributed by atoms with Crippen LogP contribution in [0.3, 0.4) is 0 Å². The highest BCUT2D eigenvalue weighted by Crippen LogP contribution is 2.40. The Hall–Kier alpha value is -3.34. The fourth-order valence-electron chi connectivity index (χ4n) is 4.48. The molecule has 0 bridgehead atoms. The van der Waals surface area contributed by atoms with Gasteiger partial charge >= 0.3 is 0 Å². The quantitative estimate of drug-likeness (QED) is 0.297. The summed E-state index contributed by atoms with van der Waals surface area (Å²) in [5.74, 6) is 0.220. The van der Waals surface area contributed by atoms with Gasteiger partial charge in [0.1, 0.15) is 5.75 Å². The molecule has 1 aromatic heterocycles. The number of hydrogen-bond donors (Lipinski definition) is 2. The number of nitrogens with zero attached hydrogens (tertiary/aromatic N) is 2. The number of phenols is 1. The van der Waals surface area contributed by atoms with Gasteiger partial charge in [0.05, 0.1) is 6.21 Å². The zero-order valence-electron chi connectivity index (χ0n) is 23.3. The molecule has 5 nitrogen and oxygen atoms in total. The van der Waals surface area contributed by atoms with Crippen molar-refractivity contribution in [2.75, 3.05) is 0 Å². The zero-order chi connectivity index (χ0) is 26.8. The summed E-state index contributed by atoms with van der Waals surface area (Å²) < 4.78 is 2.19. The van der Waals surface area contributed by atoms with Crippen molar-refractivity contribution >= 4 is 12.1 Å². The molecule has 0 aliphatic rings. The topological polar surface area (TPSA) is 66.6 Å². The maximum Gasteiger partial charge on any atom is 0.240 e. The van der Waals surface area contributed by atoms with Crippen molar-refractivity contribution in [1.29, 1.82) is 0 Å². The number of hydrazone groups is 1. The molecule has 2 aromatic carbocycles. The van der Waals surface area contributed by atoms with Crippen LogP contribution in [0.5, 0.6) is 5.75 Å². The molecule has 5 heteroatoms. The van der Waals surface area contributed by atoms with Crippen LogP contribution >= 0.6 is 0 Å². The zero-order valence-corrected chi connectivity index (χ0v) is 23.3. The fraction of sp³-hybridized carbons (Fsp3) is 0.419. The molecule has 0 radical (unpaired) electrons. The molecular weight excluding hydrogens is 446 g/mol. The van der Waals surface area contributed by atoms with Crippen LogP contribution in [0.1, 0.15) is 87.2 Å². The smallest absolute Gasteiger partial charge is 0.240 e. The van der Waals surface area contributed by atoms with Crippen LogP contribution in [0, 0.1) is 20.8 Å².